The summed E-state index contributed by atoms with van der Waals surface area (Å²) < 4.78 is 1.61. The number of nitrogens with one attached hydrogen (secondary N) is 3. The molecule has 2 aromatic carbocycles. The lowest BCUT2D eigenvalue weighted by Gasteiger charge is -2.22. The first-order chi connectivity index (χ1) is 11.9. The van der Waals surface area contributed by atoms with Crippen molar-refractivity contribution in [1.82, 2.24) is 5.32 Å². The van der Waals surface area contributed by atoms with Gasteiger partial charge in [0.15, 0.2) is 0 Å². The number of para-hydroxylation sites is 1. The summed E-state index contributed by atoms with van der Waals surface area (Å²) in [6.07, 6.45) is 0. The van der Waals surface area contributed by atoms with Crippen LogP contribution in [0.2, 0.25) is 0 Å². The maximum absolute atomic E-state index is 12.6. The highest BCUT2D eigenvalue weighted by molar-refractivity contribution is 9.11. The predicted octanol–water partition coefficient (Wildman–Crippen LogP) is 5.00. The quantitative estimate of drug-likeness (QED) is 0.578. The van der Waals surface area contributed by atoms with Crippen molar-refractivity contribution in [2.24, 2.45) is 5.92 Å². The third-order valence-corrected chi connectivity index (χ3v) is 4.64. The summed E-state index contributed by atoms with van der Waals surface area (Å²) >= 11 is 6.78. The van der Waals surface area contributed by atoms with Gasteiger partial charge in [-0.2, -0.15) is 0 Å². The minimum absolute atomic E-state index is 0.0764. The largest absolute Gasteiger partial charge is 0.326 e. The van der Waals surface area contributed by atoms with Gasteiger partial charge in [0.25, 0.3) is 0 Å². The molecular weight excluding hydrogens is 450 g/mol. The number of rotatable bonds is 5. The first kappa shape index (κ1) is 19.5. The number of urea groups is 1. The van der Waals surface area contributed by atoms with Gasteiger partial charge >= 0.3 is 6.03 Å². The molecular formula is C18H19Br2N3O2. The Labute approximate surface area is 163 Å². The molecule has 0 radical (unpaired) electrons. The van der Waals surface area contributed by atoms with Crippen LogP contribution in [0.4, 0.5) is 16.2 Å². The van der Waals surface area contributed by atoms with Crippen molar-refractivity contribution in [3.05, 3.63) is 57.5 Å². The van der Waals surface area contributed by atoms with Crippen LogP contribution < -0.4 is 16.0 Å². The molecule has 0 aliphatic heterocycles. The minimum atomic E-state index is -0.672. The molecule has 0 saturated heterocycles. The van der Waals surface area contributed by atoms with Gasteiger partial charge in [0, 0.05) is 14.6 Å². The van der Waals surface area contributed by atoms with E-state index in [1.165, 1.54) is 0 Å². The molecule has 1 unspecified atom stereocenters. The van der Waals surface area contributed by atoms with Crippen molar-refractivity contribution in [2.45, 2.75) is 19.9 Å². The molecule has 0 fully saturated rings. The minimum Gasteiger partial charge on any atom is -0.326 e. The molecule has 0 saturated carbocycles. The van der Waals surface area contributed by atoms with Gasteiger partial charge in [-0.3, -0.25) is 4.79 Å². The molecule has 0 spiro atoms. The summed E-state index contributed by atoms with van der Waals surface area (Å²) in [6.45, 7) is 3.76. The number of carbonyl (C=O) groups excluding carboxylic acids is 2. The monoisotopic (exact) mass is 467 g/mol. The van der Waals surface area contributed by atoms with Crippen molar-refractivity contribution in [3.8, 4) is 0 Å². The molecule has 25 heavy (non-hydrogen) atoms. The summed E-state index contributed by atoms with van der Waals surface area (Å²) in [4.78, 5) is 24.8. The smallest absolute Gasteiger partial charge is 0.319 e. The summed E-state index contributed by atoms with van der Waals surface area (Å²) in [5, 5.41) is 8.29. The van der Waals surface area contributed by atoms with Gasteiger partial charge in [0.05, 0.1) is 5.69 Å². The number of amides is 3. The van der Waals surface area contributed by atoms with E-state index < -0.39 is 12.1 Å². The fourth-order valence-electron chi connectivity index (χ4n) is 2.17. The maximum Gasteiger partial charge on any atom is 0.319 e. The number of hydrogen-bond acceptors (Lipinski definition) is 2. The van der Waals surface area contributed by atoms with E-state index in [0.29, 0.717) is 11.4 Å². The molecule has 0 aliphatic rings. The van der Waals surface area contributed by atoms with Crippen LogP contribution in [0.1, 0.15) is 13.8 Å². The highest BCUT2D eigenvalue weighted by Gasteiger charge is 2.24. The van der Waals surface area contributed by atoms with Crippen LogP contribution >= 0.6 is 31.9 Å². The van der Waals surface area contributed by atoms with Gasteiger partial charge in [-0.05, 0) is 52.2 Å². The Hall–Kier alpha value is -1.86. The van der Waals surface area contributed by atoms with Crippen LogP contribution in [0, 0.1) is 5.92 Å². The van der Waals surface area contributed by atoms with E-state index in [2.05, 4.69) is 47.8 Å². The van der Waals surface area contributed by atoms with Crippen molar-refractivity contribution >= 4 is 55.2 Å². The van der Waals surface area contributed by atoms with Gasteiger partial charge in [-0.15, -0.1) is 0 Å². The van der Waals surface area contributed by atoms with Crippen LogP contribution in [0.25, 0.3) is 0 Å². The lowest BCUT2D eigenvalue weighted by atomic mass is 10.0. The molecule has 3 amide bonds. The summed E-state index contributed by atoms with van der Waals surface area (Å²) in [7, 11) is 0. The van der Waals surface area contributed by atoms with E-state index >= 15 is 0 Å². The van der Waals surface area contributed by atoms with Gasteiger partial charge < -0.3 is 16.0 Å². The molecule has 132 valence electrons. The van der Waals surface area contributed by atoms with E-state index in [4.69, 9.17) is 0 Å². The zero-order valence-corrected chi connectivity index (χ0v) is 17.0. The van der Waals surface area contributed by atoms with Crippen molar-refractivity contribution < 1.29 is 9.59 Å². The molecule has 0 aromatic heterocycles. The second-order valence-corrected chi connectivity index (χ2v) is 7.57. The Morgan fingerprint density at radius 1 is 0.960 bits per heavy atom. The van der Waals surface area contributed by atoms with E-state index in [9.17, 15) is 9.59 Å². The molecule has 0 bridgehead atoms. The van der Waals surface area contributed by atoms with E-state index in [-0.39, 0.29) is 11.8 Å². The lowest BCUT2D eigenvalue weighted by Crippen LogP contribution is -2.48. The molecule has 5 nitrogen and oxygen atoms in total. The summed E-state index contributed by atoms with van der Waals surface area (Å²) in [5.41, 5.74) is 1.30. The fraction of sp³-hybridized carbons (Fsp3) is 0.222. The first-order valence-electron chi connectivity index (χ1n) is 7.75. The van der Waals surface area contributed by atoms with Crippen LogP contribution in [0.3, 0.4) is 0 Å². The second-order valence-electron chi connectivity index (χ2n) is 5.80. The number of halogens is 2. The Morgan fingerprint density at radius 3 is 2.28 bits per heavy atom. The maximum atomic E-state index is 12.6. The topological polar surface area (TPSA) is 70.2 Å². The van der Waals surface area contributed by atoms with Crippen LogP contribution in [0.5, 0.6) is 0 Å². The highest BCUT2D eigenvalue weighted by atomic mass is 79.9. The third-order valence-electron chi connectivity index (χ3n) is 3.45. The summed E-state index contributed by atoms with van der Waals surface area (Å²) in [6, 6.07) is 13.5. The van der Waals surface area contributed by atoms with Crippen LogP contribution in [-0.2, 0) is 4.79 Å². The van der Waals surface area contributed by atoms with Gasteiger partial charge in [0.2, 0.25) is 5.91 Å². The first-order valence-corrected chi connectivity index (χ1v) is 9.34. The van der Waals surface area contributed by atoms with Crippen molar-refractivity contribution in [1.29, 1.82) is 0 Å². The Balaban J connectivity index is 2.05. The van der Waals surface area contributed by atoms with Crippen molar-refractivity contribution in [2.75, 3.05) is 10.6 Å². The number of hydrogen-bond donors (Lipinski definition) is 3. The Morgan fingerprint density at radius 2 is 1.64 bits per heavy atom. The van der Waals surface area contributed by atoms with E-state index in [1.54, 1.807) is 18.2 Å². The lowest BCUT2D eigenvalue weighted by molar-refractivity contribution is -0.118. The van der Waals surface area contributed by atoms with E-state index in [1.807, 2.05) is 44.2 Å². The van der Waals surface area contributed by atoms with E-state index in [0.717, 1.165) is 8.95 Å². The molecule has 1 atom stereocenters. The number of carbonyl (C=O) groups is 2. The predicted molar refractivity (Wildman–Crippen MR) is 108 cm³/mol. The van der Waals surface area contributed by atoms with Crippen LogP contribution in [-0.4, -0.2) is 18.0 Å². The molecule has 3 N–H and O–H groups in total. The zero-order valence-electron chi connectivity index (χ0n) is 13.8. The second kappa shape index (κ2) is 9.01. The Bertz CT molecular complexity index is 751. The molecule has 0 aliphatic carbocycles. The summed E-state index contributed by atoms with van der Waals surface area (Å²) in [5.74, 6) is -0.357. The third kappa shape index (κ3) is 5.86. The Kier molecular flexibility index (Phi) is 7.01. The number of anilines is 2. The average molecular weight is 469 g/mol. The molecule has 7 heteroatoms. The van der Waals surface area contributed by atoms with Crippen LogP contribution in [0.15, 0.2) is 57.5 Å². The normalized spacial score (nSPS) is 11.7. The van der Waals surface area contributed by atoms with Gasteiger partial charge in [0.1, 0.15) is 6.04 Å². The molecule has 2 aromatic rings. The van der Waals surface area contributed by atoms with Gasteiger partial charge in [-0.1, -0.05) is 48.0 Å². The zero-order chi connectivity index (χ0) is 18.4. The average Bonchev–Trinajstić information content (AvgIpc) is 2.56. The SMILES string of the molecule is CC(C)C(NC(=O)Nc1ccccc1)C(=O)Nc1cc(Br)ccc1Br. The highest BCUT2D eigenvalue weighted by Crippen LogP contribution is 2.26. The van der Waals surface area contributed by atoms with Gasteiger partial charge in [-0.25, -0.2) is 4.79 Å². The number of benzene rings is 2. The standard InChI is InChI=1S/C18H19Br2N3O2/c1-11(2)16(23-18(25)21-13-6-4-3-5-7-13)17(24)22-15-10-12(19)8-9-14(15)20/h3-11,16H,1-2H3,(H,22,24)(H2,21,23,25). The fourth-order valence-corrected chi connectivity index (χ4v) is 2.88. The van der Waals surface area contributed by atoms with Crippen molar-refractivity contribution in [3.63, 3.8) is 0 Å². The molecule has 0 heterocycles. The molecule has 2 rings (SSSR count).